The number of benzene rings is 1. The van der Waals surface area contributed by atoms with E-state index in [0.717, 1.165) is 5.56 Å². The molecule has 0 spiro atoms. The summed E-state index contributed by atoms with van der Waals surface area (Å²) in [5, 5.41) is 0. The number of fused-ring (bicyclic) bond motifs is 3. The molecule has 0 saturated heterocycles. The van der Waals surface area contributed by atoms with Crippen molar-refractivity contribution in [3.05, 3.63) is 29.8 Å². The lowest BCUT2D eigenvalue weighted by atomic mass is 9.58. The predicted molar refractivity (Wildman–Crippen MR) is 98.3 cm³/mol. The van der Waals surface area contributed by atoms with Crippen LogP contribution in [0.1, 0.15) is 52.5 Å². The number of ether oxygens (including phenoxy) is 1. The summed E-state index contributed by atoms with van der Waals surface area (Å²) in [7, 11) is -3.89. The summed E-state index contributed by atoms with van der Waals surface area (Å²) in [5.74, 6) is -0.346. The minimum absolute atomic E-state index is 0.0628. The second-order valence-electron chi connectivity index (χ2n) is 8.96. The Kier molecular flexibility index (Phi) is 4.83. The summed E-state index contributed by atoms with van der Waals surface area (Å²) >= 11 is 0. The van der Waals surface area contributed by atoms with Crippen LogP contribution in [0.2, 0.25) is 0 Å². The summed E-state index contributed by atoms with van der Waals surface area (Å²) in [6.07, 6.45) is 0.762. The number of rotatable bonds is 4. The quantitative estimate of drug-likeness (QED) is 0.746. The Morgan fingerprint density at radius 2 is 1.77 bits per heavy atom. The van der Waals surface area contributed by atoms with Gasteiger partial charge < -0.3 is 4.74 Å². The fourth-order valence-electron chi connectivity index (χ4n) is 4.10. The van der Waals surface area contributed by atoms with Gasteiger partial charge in [-0.2, -0.15) is 8.42 Å². The third-order valence-corrected chi connectivity index (χ3v) is 6.76. The van der Waals surface area contributed by atoms with E-state index in [1.54, 1.807) is 24.3 Å². The third-order valence-electron chi connectivity index (χ3n) is 5.41. The van der Waals surface area contributed by atoms with Crippen LogP contribution < -0.4 is 0 Å². The highest BCUT2D eigenvalue weighted by atomic mass is 32.2. The van der Waals surface area contributed by atoms with Gasteiger partial charge in [0.1, 0.15) is 5.78 Å². The molecule has 6 heteroatoms. The second kappa shape index (κ2) is 6.43. The number of ketones is 1. The lowest BCUT2D eigenvalue weighted by Gasteiger charge is -2.53. The first-order chi connectivity index (χ1) is 11.9. The largest absolute Gasteiger partial charge is 0.372 e. The number of hydrogen-bond acceptors (Lipinski definition) is 5. The maximum absolute atomic E-state index is 12.6. The molecule has 3 saturated carbocycles. The van der Waals surface area contributed by atoms with Crippen molar-refractivity contribution in [2.24, 2.45) is 11.3 Å². The van der Waals surface area contributed by atoms with Crippen molar-refractivity contribution >= 4 is 15.9 Å². The molecule has 0 amide bonds. The van der Waals surface area contributed by atoms with E-state index < -0.39 is 27.6 Å². The van der Waals surface area contributed by atoms with Crippen LogP contribution in [0.5, 0.6) is 0 Å². The lowest BCUT2D eigenvalue weighted by molar-refractivity contribution is -0.187. The molecule has 2 bridgehead atoms. The maximum Gasteiger partial charge on any atom is 0.297 e. The van der Waals surface area contributed by atoms with E-state index in [-0.39, 0.29) is 22.4 Å². The Hall–Kier alpha value is -1.24. The Balaban J connectivity index is 1.81. The molecule has 144 valence electrons. The van der Waals surface area contributed by atoms with Crippen LogP contribution in [-0.2, 0) is 23.8 Å². The highest BCUT2D eigenvalue weighted by molar-refractivity contribution is 7.86. The Bertz CT molecular complexity index is 790. The monoisotopic (exact) mass is 380 g/mol. The van der Waals surface area contributed by atoms with Crippen LogP contribution in [0.3, 0.4) is 0 Å². The van der Waals surface area contributed by atoms with Gasteiger partial charge in [-0.1, -0.05) is 24.6 Å². The summed E-state index contributed by atoms with van der Waals surface area (Å²) < 4.78 is 37.0. The van der Waals surface area contributed by atoms with E-state index in [1.807, 2.05) is 34.6 Å². The van der Waals surface area contributed by atoms with E-state index in [1.165, 1.54) is 0 Å². The van der Waals surface area contributed by atoms with Crippen LogP contribution in [0.25, 0.3) is 0 Å². The van der Waals surface area contributed by atoms with Gasteiger partial charge in [0, 0.05) is 17.8 Å². The molecule has 1 aromatic rings. The van der Waals surface area contributed by atoms with Gasteiger partial charge in [-0.05, 0) is 52.7 Å². The highest BCUT2D eigenvalue weighted by Gasteiger charge is 2.56. The number of Topliss-reactive ketones (excluding diaryl/α,β-unsaturated/α-hetero) is 1. The first kappa shape index (κ1) is 19.5. The Labute approximate surface area is 156 Å². The van der Waals surface area contributed by atoms with Crippen molar-refractivity contribution < 1.29 is 22.1 Å². The third kappa shape index (κ3) is 3.87. The molecule has 3 aliphatic carbocycles. The van der Waals surface area contributed by atoms with Crippen LogP contribution in [0, 0.1) is 18.3 Å². The topological polar surface area (TPSA) is 69.7 Å². The number of aryl methyl sites for hydroxylation is 1. The highest BCUT2D eigenvalue weighted by Crippen LogP contribution is 2.52. The SMILES string of the molecule is Cc1ccc(S(=O)(=O)O[C@H]2C[C@@]3(C)CC(=O)[C@@H]2C[C@@H]3OC(C)(C)C)cc1. The molecule has 1 aromatic carbocycles. The molecule has 4 atom stereocenters. The zero-order valence-corrected chi connectivity index (χ0v) is 16.9. The molecule has 0 N–H and O–H groups in total. The second-order valence-corrected chi connectivity index (χ2v) is 10.5. The van der Waals surface area contributed by atoms with Gasteiger partial charge in [0.05, 0.1) is 22.7 Å². The summed E-state index contributed by atoms with van der Waals surface area (Å²) in [6, 6.07) is 6.56. The maximum atomic E-state index is 12.6. The summed E-state index contributed by atoms with van der Waals surface area (Å²) in [4.78, 5) is 12.6. The van der Waals surface area contributed by atoms with E-state index in [9.17, 15) is 13.2 Å². The van der Waals surface area contributed by atoms with E-state index in [2.05, 4.69) is 0 Å². The van der Waals surface area contributed by atoms with Gasteiger partial charge in [0.15, 0.2) is 0 Å². The first-order valence-electron chi connectivity index (χ1n) is 9.10. The van der Waals surface area contributed by atoms with Crippen LogP contribution in [-0.4, -0.2) is 32.0 Å². The van der Waals surface area contributed by atoms with E-state index >= 15 is 0 Å². The molecule has 26 heavy (non-hydrogen) atoms. The molecule has 3 aliphatic rings. The number of carbonyl (C=O) groups is 1. The molecular formula is C20H28O5S. The standard InChI is InChI=1S/C20H28O5S/c1-13-6-8-14(9-7-13)26(22,23)25-17-12-20(5)11-16(21)15(17)10-18(20)24-19(2,3)4/h6-9,15,17-18H,10-12H2,1-5H3/t15-,17-,18-,20+/m0/s1. The van der Waals surface area contributed by atoms with Gasteiger partial charge in [-0.15, -0.1) is 0 Å². The van der Waals surface area contributed by atoms with Crippen molar-refractivity contribution in [3.63, 3.8) is 0 Å². The smallest absolute Gasteiger partial charge is 0.297 e. The molecule has 5 nitrogen and oxygen atoms in total. The first-order valence-corrected chi connectivity index (χ1v) is 10.5. The molecule has 0 aliphatic heterocycles. The molecule has 4 rings (SSSR count). The van der Waals surface area contributed by atoms with Crippen molar-refractivity contribution in [2.45, 2.75) is 76.6 Å². The van der Waals surface area contributed by atoms with Gasteiger partial charge in [-0.25, -0.2) is 0 Å². The van der Waals surface area contributed by atoms with E-state index in [4.69, 9.17) is 8.92 Å². The number of hydrogen-bond donors (Lipinski definition) is 0. The minimum atomic E-state index is -3.89. The fourth-order valence-corrected chi connectivity index (χ4v) is 5.20. The van der Waals surface area contributed by atoms with Crippen molar-refractivity contribution in [3.8, 4) is 0 Å². The normalized spacial score (nSPS) is 32.0. The van der Waals surface area contributed by atoms with Crippen LogP contribution in [0.4, 0.5) is 0 Å². The minimum Gasteiger partial charge on any atom is -0.372 e. The van der Waals surface area contributed by atoms with Crippen molar-refractivity contribution in [2.75, 3.05) is 0 Å². The zero-order valence-electron chi connectivity index (χ0n) is 16.1. The summed E-state index contributed by atoms with van der Waals surface area (Å²) in [5.41, 5.74) is 0.274. The Morgan fingerprint density at radius 3 is 2.31 bits per heavy atom. The van der Waals surface area contributed by atoms with Crippen molar-refractivity contribution in [1.82, 2.24) is 0 Å². The predicted octanol–water partition coefficient (Wildman–Crippen LogP) is 3.64. The lowest BCUT2D eigenvalue weighted by Crippen LogP contribution is -2.58. The van der Waals surface area contributed by atoms with Crippen LogP contribution in [0.15, 0.2) is 29.2 Å². The zero-order chi connectivity index (χ0) is 19.3. The van der Waals surface area contributed by atoms with Crippen LogP contribution >= 0.6 is 0 Å². The molecule has 0 heterocycles. The summed E-state index contributed by atoms with van der Waals surface area (Å²) in [6.45, 7) is 9.89. The molecular weight excluding hydrogens is 352 g/mol. The fraction of sp³-hybridized carbons (Fsp3) is 0.650. The van der Waals surface area contributed by atoms with Gasteiger partial charge in [0.25, 0.3) is 10.1 Å². The van der Waals surface area contributed by atoms with Gasteiger partial charge in [-0.3, -0.25) is 8.98 Å². The average Bonchev–Trinajstić information content (AvgIpc) is 2.47. The Morgan fingerprint density at radius 1 is 1.15 bits per heavy atom. The molecule has 0 radical (unpaired) electrons. The average molecular weight is 381 g/mol. The van der Waals surface area contributed by atoms with Gasteiger partial charge in [0.2, 0.25) is 0 Å². The van der Waals surface area contributed by atoms with Gasteiger partial charge >= 0.3 is 0 Å². The van der Waals surface area contributed by atoms with E-state index in [0.29, 0.717) is 19.3 Å². The molecule has 3 fully saturated rings. The molecule has 0 unspecified atom stereocenters. The number of carbonyl (C=O) groups excluding carboxylic acids is 1. The molecule has 0 aromatic heterocycles. The van der Waals surface area contributed by atoms with Crippen molar-refractivity contribution in [1.29, 1.82) is 0 Å².